The van der Waals surface area contributed by atoms with Gasteiger partial charge in [-0.2, -0.15) is 0 Å². The van der Waals surface area contributed by atoms with Crippen LogP contribution in [0.5, 0.6) is 17.2 Å². The molecule has 1 atom stereocenters. The van der Waals surface area contributed by atoms with E-state index >= 15 is 0 Å². The Kier molecular flexibility index (Phi) is 8.09. The maximum Gasteiger partial charge on any atom is 0.253 e. The minimum atomic E-state index is -0.175. The number of benzene rings is 2. The molecular formula is C26H31N3O5S. The van der Waals surface area contributed by atoms with Crippen molar-refractivity contribution >= 4 is 28.2 Å². The molecule has 1 saturated heterocycles. The Balaban J connectivity index is 1.60. The number of ether oxygens (including phenoxy) is 4. The Morgan fingerprint density at radius 3 is 2.49 bits per heavy atom. The van der Waals surface area contributed by atoms with Gasteiger partial charge in [0.1, 0.15) is 5.75 Å². The molecule has 1 aromatic heterocycles. The number of hydrogen-bond donors (Lipinski definition) is 2. The van der Waals surface area contributed by atoms with Crippen molar-refractivity contribution in [1.29, 1.82) is 0 Å². The quantitative estimate of drug-likeness (QED) is 0.434. The molecule has 1 aliphatic rings. The van der Waals surface area contributed by atoms with Crippen molar-refractivity contribution in [3.05, 3.63) is 63.9 Å². The van der Waals surface area contributed by atoms with Crippen LogP contribution in [0.15, 0.2) is 47.3 Å². The number of fused-ring (bicyclic) bond motifs is 1. The highest BCUT2D eigenvalue weighted by Crippen LogP contribution is 2.31. The third-order valence-electron chi connectivity index (χ3n) is 6.11. The van der Waals surface area contributed by atoms with E-state index in [1.54, 1.807) is 27.4 Å². The van der Waals surface area contributed by atoms with Crippen LogP contribution in [0.25, 0.3) is 10.9 Å². The maximum absolute atomic E-state index is 13.0. The lowest BCUT2D eigenvalue weighted by atomic mass is 10.1. The summed E-state index contributed by atoms with van der Waals surface area (Å²) in [6.45, 7) is 2.30. The number of nitrogens with zero attached hydrogens (tertiary/aromatic N) is 1. The highest BCUT2D eigenvalue weighted by atomic mass is 32.1. The first-order valence-electron chi connectivity index (χ1n) is 11.6. The molecule has 0 bridgehead atoms. The minimum absolute atomic E-state index is 0.155. The van der Waals surface area contributed by atoms with Crippen LogP contribution in [0.1, 0.15) is 24.0 Å². The zero-order valence-corrected chi connectivity index (χ0v) is 21.1. The lowest BCUT2D eigenvalue weighted by molar-refractivity contribution is 0.113. The molecule has 0 spiro atoms. The number of aromatic amines is 1. The number of aromatic nitrogens is 1. The fourth-order valence-corrected chi connectivity index (χ4v) is 4.38. The van der Waals surface area contributed by atoms with Gasteiger partial charge in [-0.15, -0.1) is 0 Å². The van der Waals surface area contributed by atoms with Crippen LogP contribution in [-0.2, 0) is 17.8 Å². The second-order valence-electron chi connectivity index (χ2n) is 8.44. The molecule has 2 heterocycles. The van der Waals surface area contributed by atoms with Gasteiger partial charge in [0.2, 0.25) is 0 Å². The van der Waals surface area contributed by atoms with E-state index in [9.17, 15) is 4.79 Å². The van der Waals surface area contributed by atoms with Crippen LogP contribution in [0, 0.1) is 0 Å². The lowest BCUT2D eigenvalue weighted by Gasteiger charge is -2.27. The number of hydrogen-bond acceptors (Lipinski definition) is 6. The van der Waals surface area contributed by atoms with E-state index in [0.29, 0.717) is 47.3 Å². The molecule has 2 aromatic carbocycles. The fraction of sp³-hybridized carbons (Fsp3) is 0.385. The van der Waals surface area contributed by atoms with E-state index in [4.69, 9.17) is 31.2 Å². The SMILES string of the molecule is COc1ccc(CN(Cc2cc3cc(OC)c(OC)cc3[nH]c2=O)C(=S)NCC2CCCO2)cc1. The molecule has 2 N–H and O–H groups in total. The van der Waals surface area contributed by atoms with Crippen molar-refractivity contribution in [3.8, 4) is 17.2 Å². The summed E-state index contributed by atoms with van der Waals surface area (Å²) in [6.07, 6.45) is 2.24. The topological polar surface area (TPSA) is 85.0 Å². The van der Waals surface area contributed by atoms with Gasteiger partial charge in [0, 0.05) is 36.7 Å². The van der Waals surface area contributed by atoms with E-state index in [1.165, 1.54) is 0 Å². The maximum atomic E-state index is 13.0. The third kappa shape index (κ3) is 6.04. The van der Waals surface area contributed by atoms with Crippen LogP contribution >= 0.6 is 12.2 Å². The highest BCUT2D eigenvalue weighted by molar-refractivity contribution is 7.80. The standard InChI is InChI=1S/C26H31N3O5S/c1-31-20-8-6-17(7-9-20)15-29(26(35)27-14-21-5-4-10-34-21)16-19-11-18-12-23(32-2)24(33-3)13-22(18)28-25(19)30/h6-9,11-13,21H,4-5,10,14-16H2,1-3H3,(H,27,35)(H,28,30). The van der Waals surface area contributed by atoms with Crippen molar-refractivity contribution in [2.75, 3.05) is 34.5 Å². The van der Waals surface area contributed by atoms with E-state index in [0.717, 1.165) is 36.1 Å². The summed E-state index contributed by atoms with van der Waals surface area (Å²) in [5.41, 5.74) is 2.15. The predicted molar refractivity (Wildman–Crippen MR) is 139 cm³/mol. The Bertz CT molecular complexity index is 1220. The molecule has 0 amide bonds. The van der Waals surface area contributed by atoms with E-state index in [2.05, 4.69) is 10.3 Å². The smallest absolute Gasteiger partial charge is 0.253 e. The summed E-state index contributed by atoms with van der Waals surface area (Å²) in [5, 5.41) is 4.76. The number of pyridine rings is 1. The van der Waals surface area contributed by atoms with Gasteiger partial charge < -0.3 is 34.1 Å². The second-order valence-corrected chi connectivity index (χ2v) is 8.83. The number of rotatable bonds is 9. The molecular weight excluding hydrogens is 466 g/mol. The number of methoxy groups -OCH3 is 3. The molecule has 3 aromatic rings. The normalized spacial score (nSPS) is 15.1. The van der Waals surface area contributed by atoms with Crippen LogP contribution in [0.3, 0.4) is 0 Å². The summed E-state index contributed by atoms with van der Waals surface area (Å²) in [7, 11) is 4.80. The number of thiocarbonyl (C=S) groups is 1. The molecule has 186 valence electrons. The highest BCUT2D eigenvalue weighted by Gasteiger charge is 2.19. The lowest BCUT2D eigenvalue weighted by Crippen LogP contribution is -2.42. The zero-order chi connectivity index (χ0) is 24.8. The Labute approximate surface area is 210 Å². The second kappa shape index (κ2) is 11.4. The van der Waals surface area contributed by atoms with Crippen molar-refractivity contribution in [1.82, 2.24) is 15.2 Å². The summed E-state index contributed by atoms with van der Waals surface area (Å²) >= 11 is 5.75. The molecule has 1 unspecified atom stereocenters. The number of nitrogens with one attached hydrogen (secondary N) is 2. The summed E-state index contributed by atoms with van der Waals surface area (Å²) in [6, 6.07) is 13.3. The molecule has 1 fully saturated rings. The van der Waals surface area contributed by atoms with Gasteiger partial charge in [-0.3, -0.25) is 4.79 Å². The Hall–Kier alpha value is -3.30. The van der Waals surface area contributed by atoms with Crippen molar-refractivity contribution in [2.24, 2.45) is 0 Å². The Morgan fingerprint density at radius 2 is 1.83 bits per heavy atom. The molecule has 8 nitrogen and oxygen atoms in total. The monoisotopic (exact) mass is 497 g/mol. The van der Waals surface area contributed by atoms with Gasteiger partial charge in [0.15, 0.2) is 16.6 Å². The van der Waals surface area contributed by atoms with Crippen molar-refractivity contribution in [3.63, 3.8) is 0 Å². The van der Waals surface area contributed by atoms with Gasteiger partial charge >= 0.3 is 0 Å². The minimum Gasteiger partial charge on any atom is -0.497 e. The predicted octanol–water partition coefficient (Wildman–Crippen LogP) is 3.61. The fourth-order valence-electron chi connectivity index (χ4n) is 4.17. The first-order valence-corrected chi connectivity index (χ1v) is 12.0. The molecule has 35 heavy (non-hydrogen) atoms. The van der Waals surface area contributed by atoms with Crippen LogP contribution in [0.4, 0.5) is 0 Å². The third-order valence-corrected chi connectivity index (χ3v) is 6.51. The van der Waals surface area contributed by atoms with Gasteiger partial charge in [-0.1, -0.05) is 12.1 Å². The average molecular weight is 498 g/mol. The number of H-pyrrole nitrogens is 1. The van der Waals surface area contributed by atoms with E-state index in [1.807, 2.05) is 41.3 Å². The van der Waals surface area contributed by atoms with Gasteiger partial charge in [-0.05, 0) is 54.9 Å². The summed E-state index contributed by atoms with van der Waals surface area (Å²) < 4.78 is 21.8. The van der Waals surface area contributed by atoms with Gasteiger partial charge in [0.05, 0.1) is 39.5 Å². The van der Waals surface area contributed by atoms with Crippen molar-refractivity contribution in [2.45, 2.75) is 32.0 Å². The molecule has 0 aliphatic carbocycles. The van der Waals surface area contributed by atoms with Gasteiger partial charge in [-0.25, -0.2) is 0 Å². The molecule has 0 saturated carbocycles. The largest absolute Gasteiger partial charge is 0.497 e. The van der Waals surface area contributed by atoms with E-state index < -0.39 is 0 Å². The molecule has 9 heteroatoms. The van der Waals surface area contributed by atoms with E-state index in [-0.39, 0.29) is 11.7 Å². The van der Waals surface area contributed by atoms with Crippen LogP contribution in [0.2, 0.25) is 0 Å². The van der Waals surface area contributed by atoms with Crippen LogP contribution in [-0.4, -0.2) is 55.6 Å². The molecule has 0 radical (unpaired) electrons. The zero-order valence-electron chi connectivity index (χ0n) is 20.3. The first-order chi connectivity index (χ1) is 17.0. The average Bonchev–Trinajstić information content (AvgIpc) is 3.40. The van der Waals surface area contributed by atoms with Gasteiger partial charge in [0.25, 0.3) is 5.56 Å². The summed E-state index contributed by atoms with van der Waals surface area (Å²) in [5.74, 6) is 1.95. The molecule has 1 aliphatic heterocycles. The Morgan fingerprint density at radius 1 is 1.09 bits per heavy atom. The summed E-state index contributed by atoms with van der Waals surface area (Å²) in [4.78, 5) is 17.9. The van der Waals surface area contributed by atoms with Crippen molar-refractivity contribution < 1.29 is 18.9 Å². The molecule has 4 rings (SSSR count). The van der Waals surface area contributed by atoms with Crippen LogP contribution < -0.4 is 25.1 Å². The first kappa shape index (κ1) is 24.8.